The fourth-order valence-corrected chi connectivity index (χ4v) is 3.21. The van der Waals surface area contributed by atoms with Crippen LogP contribution >= 0.6 is 11.8 Å². The fraction of sp³-hybridized carbons (Fsp3) is 1.00. The molecule has 0 aliphatic carbocycles. The zero-order valence-corrected chi connectivity index (χ0v) is 11.6. The van der Waals surface area contributed by atoms with Crippen molar-refractivity contribution in [3.63, 3.8) is 0 Å². The third-order valence-corrected chi connectivity index (χ3v) is 4.68. The minimum atomic E-state index is 0.226. The Kier molecular flexibility index (Phi) is 6.89. The Morgan fingerprint density at radius 1 is 1.33 bits per heavy atom. The Hall–Kier alpha value is 0.270. The molecule has 92 valence electrons. The second-order valence-electron chi connectivity index (χ2n) is 5.32. The molecule has 3 atom stereocenters. The number of aliphatic hydroxyl groups excluding tert-OH is 1. The van der Waals surface area contributed by atoms with E-state index >= 15 is 0 Å². The Morgan fingerprint density at radius 3 is 2.20 bits per heavy atom. The summed E-state index contributed by atoms with van der Waals surface area (Å²) in [5.41, 5.74) is 6.39. The van der Waals surface area contributed by atoms with Gasteiger partial charge in [0, 0.05) is 23.1 Å². The first-order chi connectivity index (χ1) is 6.82. The quantitative estimate of drug-likeness (QED) is 0.741. The van der Waals surface area contributed by atoms with Crippen molar-refractivity contribution in [2.24, 2.45) is 11.1 Å². The second-order valence-corrected chi connectivity index (χ2v) is 6.90. The second kappa shape index (κ2) is 6.77. The van der Waals surface area contributed by atoms with Crippen LogP contribution in [0.15, 0.2) is 0 Å². The molecule has 0 bridgehead atoms. The van der Waals surface area contributed by atoms with E-state index in [0.29, 0.717) is 10.5 Å². The van der Waals surface area contributed by atoms with Gasteiger partial charge < -0.3 is 10.8 Å². The van der Waals surface area contributed by atoms with Crippen LogP contribution in [0.4, 0.5) is 0 Å². The monoisotopic (exact) mass is 233 g/mol. The van der Waals surface area contributed by atoms with E-state index in [1.807, 2.05) is 11.8 Å². The highest BCUT2D eigenvalue weighted by atomic mass is 32.2. The van der Waals surface area contributed by atoms with Gasteiger partial charge in [-0.05, 0) is 18.3 Å². The molecule has 0 aliphatic rings. The number of aliphatic hydroxyl groups is 1. The van der Waals surface area contributed by atoms with Crippen LogP contribution in [-0.4, -0.2) is 28.3 Å². The number of hydrogen-bond acceptors (Lipinski definition) is 3. The maximum absolute atomic E-state index is 8.90. The van der Waals surface area contributed by atoms with Crippen LogP contribution in [0.5, 0.6) is 0 Å². The highest BCUT2D eigenvalue weighted by Gasteiger charge is 2.30. The Bertz CT molecular complexity index is 167. The van der Waals surface area contributed by atoms with Gasteiger partial charge >= 0.3 is 0 Å². The van der Waals surface area contributed by atoms with E-state index in [9.17, 15) is 0 Å². The maximum Gasteiger partial charge on any atom is 0.0441 e. The molecule has 0 aromatic rings. The summed E-state index contributed by atoms with van der Waals surface area (Å²) in [5.74, 6) is 0. The third-order valence-electron chi connectivity index (χ3n) is 2.63. The summed E-state index contributed by atoms with van der Waals surface area (Å²) in [6.07, 6.45) is 1.87. The van der Waals surface area contributed by atoms with E-state index in [4.69, 9.17) is 10.8 Å². The van der Waals surface area contributed by atoms with Crippen LogP contribution in [0.25, 0.3) is 0 Å². The Balaban J connectivity index is 4.38. The fourth-order valence-electron chi connectivity index (χ4n) is 1.66. The summed E-state index contributed by atoms with van der Waals surface area (Å²) in [4.78, 5) is 0. The molecule has 0 amide bonds. The lowest BCUT2D eigenvalue weighted by molar-refractivity contribution is 0.287. The lowest BCUT2D eigenvalue weighted by atomic mass is 9.87. The van der Waals surface area contributed by atoms with Gasteiger partial charge in [-0.3, -0.25) is 0 Å². The molecular formula is C12H27NOS. The smallest absolute Gasteiger partial charge is 0.0441 e. The molecule has 15 heavy (non-hydrogen) atoms. The number of thioether (sulfide) groups is 1. The number of rotatable bonds is 6. The molecule has 0 saturated heterocycles. The summed E-state index contributed by atoms with van der Waals surface area (Å²) >= 11 is 1.92. The van der Waals surface area contributed by atoms with E-state index < -0.39 is 0 Å². The highest BCUT2D eigenvalue weighted by Crippen LogP contribution is 2.36. The molecular weight excluding hydrogens is 206 g/mol. The molecule has 0 fully saturated rings. The first-order valence-electron chi connectivity index (χ1n) is 5.84. The predicted octanol–water partition coefficient (Wildman–Crippen LogP) is 2.64. The molecule has 0 spiro atoms. The molecule has 3 N–H and O–H groups in total. The van der Waals surface area contributed by atoms with E-state index in [0.717, 1.165) is 12.8 Å². The zero-order valence-electron chi connectivity index (χ0n) is 10.8. The lowest BCUT2D eigenvalue weighted by Crippen LogP contribution is -2.41. The minimum Gasteiger partial charge on any atom is -0.396 e. The molecule has 0 heterocycles. The van der Waals surface area contributed by atoms with Crippen molar-refractivity contribution >= 4 is 11.8 Å². The summed E-state index contributed by atoms with van der Waals surface area (Å²) < 4.78 is 0. The van der Waals surface area contributed by atoms with Gasteiger partial charge in [0.1, 0.15) is 0 Å². The van der Waals surface area contributed by atoms with Crippen molar-refractivity contribution in [2.45, 2.75) is 64.0 Å². The summed E-state index contributed by atoms with van der Waals surface area (Å²) in [7, 11) is 0. The van der Waals surface area contributed by atoms with Gasteiger partial charge in [-0.15, -0.1) is 0 Å². The maximum atomic E-state index is 8.90. The largest absolute Gasteiger partial charge is 0.396 e. The van der Waals surface area contributed by atoms with Crippen LogP contribution in [0.3, 0.4) is 0 Å². The summed E-state index contributed by atoms with van der Waals surface area (Å²) in [6, 6.07) is 0.246. The average Bonchev–Trinajstić information content (AvgIpc) is 2.12. The van der Waals surface area contributed by atoms with Crippen molar-refractivity contribution < 1.29 is 5.11 Å². The molecule has 0 saturated carbocycles. The molecule has 0 radical (unpaired) electrons. The van der Waals surface area contributed by atoms with Crippen molar-refractivity contribution in [1.29, 1.82) is 0 Å². The standard InChI is InChI=1S/C12H27NOS/c1-6-10(13)11(12(3,4)5)15-9(2)7-8-14/h9-11,14H,6-8,13H2,1-5H3. The van der Waals surface area contributed by atoms with Crippen molar-refractivity contribution in [3.05, 3.63) is 0 Å². The summed E-state index contributed by atoms with van der Waals surface area (Å²) in [5, 5.41) is 9.85. The van der Waals surface area contributed by atoms with Gasteiger partial charge in [0.15, 0.2) is 0 Å². The van der Waals surface area contributed by atoms with Crippen molar-refractivity contribution in [1.82, 2.24) is 0 Å². The molecule has 0 aromatic carbocycles. The average molecular weight is 233 g/mol. The first-order valence-corrected chi connectivity index (χ1v) is 6.79. The molecule has 0 rings (SSSR count). The van der Waals surface area contributed by atoms with Gasteiger partial charge in [-0.2, -0.15) is 11.8 Å². The first kappa shape index (κ1) is 15.3. The number of hydrogen-bond donors (Lipinski definition) is 2. The van der Waals surface area contributed by atoms with Crippen molar-refractivity contribution in [3.8, 4) is 0 Å². The van der Waals surface area contributed by atoms with E-state index in [1.54, 1.807) is 0 Å². The van der Waals surface area contributed by atoms with Gasteiger partial charge in [-0.25, -0.2) is 0 Å². The number of nitrogens with two attached hydrogens (primary N) is 1. The molecule has 3 unspecified atom stereocenters. The van der Waals surface area contributed by atoms with Crippen LogP contribution in [0.2, 0.25) is 0 Å². The SMILES string of the molecule is CCC(N)C(SC(C)CCO)C(C)(C)C. The Labute approximate surface area is 99.0 Å². The van der Waals surface area contributed by atoms with E-state index in [1.165, 1.54) is 0 Å². The van der Waals surface area contributed by atoms with Gasteiger partial charge in [0.25, 0.3) is 0 Å². The van der Waals surface area contributed by atoms with Crippen LogP contribution in [0.1, 0.15) is 47.5 Å². The Morgan fingerprint density at radius 2 is 1.87 bits per heavy atom. The zero-order chi connectivity index (χ0) is 12.1. The molecule has 0 aliphatic heterocycles. The van der Waals surface area contributed by atoms with Crippen LogP contribution in [0, 0.1) is 5.41 Å². The molecule has 2 nitrogen and oxygen atoms in total. The van der Waals surface area contributed by atoms with Crippen LogP contribution in [-0.2, 0) is 0 Å². The molecule has 0 aromatic heterocycles. The van der Waals surface area contributed by atoms with Crippen LogP contribution < -0.4 is 5.73 Å². The van der Waals surface area contributed by atoms with Crippen molar-refractivity contribution in [2.75, 3.05) is 6.61 Å². The highest BCUT2D eigenvalue weighted by molar-refractivity contribution is 8.00. The van der Waals surface area contributed by atoms with E-state index in [2.05, 4.69) is 34.6 Å². The lowest BCUT2D eigenvalue weighted by Gasteiger charge is -2.36. The predicted molar refractivity (Wildman–Crippen MR) is 70.3 cm³/mol. The third kappa shape index (κ3) is 5.79. The molecule has 3 heteroatoms. The normalized spacial score (nSPS) is 18.6. The van der Waals surface area contributed by atoms with E-state index in [-0.39, 0.29) is 18.1 Å². The van der Waals surface area contributed by atoms with Gasteiger partial charge in [0.05, 0.1) is 0 Å². The minimum absolute atomic E-state index is 0.226. The van der Waals surface area contributed by atoms with Gasteiger partial charge in [-0.1, -0.05) is 34.6 Å². The van der Waals surface area contributed by atoms with Gasteiger partial charge in [0.2, 0.25) is 0 Å². The summed E-state index contributed by atoms with van der Waals surface area (Å²) in [6.45, 7) is 11.3. The topological polar surface area (TPSA) is 46.2 Å².